The molecule has 0 aromatic heterocycles. The van der Waals surface area contributed by atoms with E-state index in [-0.39, 0.29) is 12.5 Å². The normalized spacial score (nSPS) is 17.6. The number of rotatable bonds is 7. The molecule has 1 unspecified atom stereocenters. The number of hydrogen-bond acceptors (Lipinski definition) is 3. The van der Waals surface area contributed by atoms with E-state index >= 15 is 0 Å². The Balaban J connectivity index is 2.00. The Bertz CT molecular complexity index is 560. The maximum Gasteiger partial charge on any atom is 0.241 e. The average Bonchev–Trinajstić information content (AvgIpc) is 3.09. The molecule has 1 amide bonds. The quantitative estimate of drug-likeness (QED) is 0.602. The lowest BCUT2D eigenvalue weighted by Crippen LogP contribution is -2.44. The van der Waals surface area contributed by atoms with E-state index in [1.54, 1.807) is 19.0 Å². The number of amides is 1. The number of hydrogen-bond donors (Lipinski definition) is 1. The molecule has 0 radical (unpaired) electrons. The van der Waals surface area contributed by atoms with Gasteiger partial charge in [0.2, 0.25) is 5.91 Å². The minimum absolute atomic E-state index is 0.0393. The number of carbonyl (C=O) groups excluding carboxylic acids is 1. The van der Waals surface area contributed by atoms with Gasteiger partial charge in [0.25, 0.3) is 0 Å². The molecule has 0 spiro atoms. The summed E-state index contributed by atoms with van der Waals surface area (Å²) in [5, 5.41) is 3.23. The molecule has 1 fully saturated rings. The predicted molar refractivity (Wildman–Crippen MR) is 100 cm³/mol. The number of nitrogens with one attached hydrogen (secondary N) is 1. The van der Waals surface area contributed by atoms with Gasteiger partial charge in [-0.15, -0.1) is 0 Å². The number of nitrogens with zero attached hydrogens (tertiary/aromatic N) is 3. The Kier molecular flexibility index (Phi) is 7.73. The predicted octanol–water partition coefficient (Wildman–Crippen LogP) is 1.58. The Labute approximate surface area is 150 Å². The summed E-state index contributed by atoms with van der Waals surface area (Å²) in [6.07, 6.45) is 1.09. The Morgan fingerprint density at radius 2 is 2.12 bits per heavy atom. The van der Waals surface area contributed by atoms with E-state index in [0.717, 1.165) is 44.2 Å². The fourth-order valence-corrected chi connectivity index (χ4v) is 2.78. The van der Waals surface area contributed by atoms with E-state index in [1.165, 1.54) is 0 Å². The molecule has 1 N–H and O–H groups in total. The van der Waals surface area contributed by atoms with Gasteiger partial charge in [-0.3, -0.25) is 4.79 Å². The third-order valence-corrected chi connectivity index (χ3v) is 4.29. The minimum Gasteiger partial charge on any atom is -0.381 e. The van der Waals surface area contributed by atoms with Crippen LogP contribution >= 0.6 is 0 Å². The van der Waals surface area contributed by atoms with Crippen LogP contribution in [0.2, 0.25) is 0 Å². The van der Waals surface area contributed by atoms with Crippen LogP contribution < -0.4 is 5.32 Å². The van der Waals surface area contributed by atoms with Crippen LogP contribution in [0.1, 0.15) is 18.9 Å². The van der Waals surface area contributed by atoms with Crippen molar-refractivity contribution in [3.63, 3.8) is 0 Å². The molecular formula is C19H30N4O2. The van der Waals surface area contributed by atoms with Crippen molar-refractivity contribution in [2.24, 2.45) is 10.9 Å². The molecule has 1 aromatic rings. The van der Waals surface area contributed by atoms with Crippen LogP contribution in [-0.4, -0.2) is 68.6 Å². The van der Waals surface area contributed by atoms with Crippen molar-refractivity contribution in [3.05, 3.63) is 35.9 Å². The molecule has 1 aliphatic heterocycles. The van der Waals surface area contributed by atoms with E-state index < -0.39 is 0 Å². The van der Waals surface area contributed by atoms with Crippen LogP contribution in [0.5, 0.6) is 0 Å². The van der Waals surface area contributed by atoms with Gasteiger partial charge in [-0.25, -0.2) is 4.99 Å². The summed E-state index contributed by atoms with van der Waals surface area (Å²) >= 11 is 0. The molecule has 6 nitrogen and oxygen atoms in total. The van der Waals surface area contributed by atoms with Gasteiger partial charge in [0.05, 0.1) is 19.7 Å². The maximum atomic E-state index is 11.9. The van der Waals surface area contributed by atoms with E-state index in [4.69, 9.17) is 9.73 Å². The topological polar surface area (TPSA) is 57.2 Å². The maximum absolute atomic E-state index is 11.9. The van der Waals surface area contributed by atoms with Crippen molar-refractivity contribution < 1.29 is 9.53 Å². The molecule has 138 valence electrons. The Morgan fingerprint density at radius 3 is 2.80 bits per heavy atom. The van der Waals surface area contributed by atoms with Crippen LogP contribution in [0, 0.1) is 5.92 Å². The average molecular weight is 346 g/mol. The second kappa shape index (κ2) is 10.0. The first-order valence-electron chi connectivity index (χ1n) is 8.95. The summed E-state index contributed by atoms with van der Waals surface area (Å²) in [6.45, 7) is 6.27. The molecule has 6 heteroatoms. The number of guanidine groups is 1. The second-order valence-electron chi connectivity index (χ2n) is 6.53. The Hall–Kier alpha value is -2.08. The lowest BCUT2D eigenvalue weighted by atomic mass is 10.1. The SMILES string of the molecule is CCOCC1CCN(C(=NCc2ccccc2)NCC(=O)N(C)C)C1. The van der Waals surface area contributed by atoms with Gasteiger partial charge in [0.1, 0.15) is 0 Å². The number of aliphatic imine (C=N–C) groups is 1. The van der Waals surface area contributed by atoms with Crippen LogP contribution in [-0.2, 0) is 16.1 Å². The molecule has 1 aromatic carbocycles. The fourth-order valence-electron chi connectivity index (χ4n) is 2.78. The largest absolute Gasteiger partial charge is 0.381 e. The number of carbonyl (C=O) groups is 1. The number of likely N-dealkylation sites (N-methyl/N-ethyl adjacent to an activating group) is 1. The first kappa shape index (κ1) is 19.2. The van der Waals surface area contributed by atoms with Crippen molar-refractivity contribution in [3.8, 4) is 0 Å². The second-order valence-corrected chi connectivity index (χ2v) is 6.53. The monoisotopic (exact) mass is 346 g/mol. The summed E-state index contributed by atoms with van der Waals surface area (Å²) in [4.78, 5) is 20.5. The smallest absolute Gasteiger partial charge is 0.241 e. The molecular weight excluding hydrogens is 316 g/mol. The van der Waals surface area contributed by atoms with Crippen molar-refractivity contribution in [2.75, 3.05) is 46.9 Å². The molecule has 2 rings (SSSR count). The van der Waals surface area contributed by atoms with Gasteiger partial charge in [-0.1, -0.05) is 30.3 Å². The molecule has 1 heterocycles. The summed E-state index contributed by atoms with van der Waals surface area (Å²) in [5.74, 6) is 1.36. The van der Waals surface area contributed by atoms with Crippen LogP contribution in [0.4, 0.5) is 0 Å². The third kappa shape index (κ3) is 6.38. The van der Waals surface area contributed by atoms with Crippen LogP contribution in [0.25, 0.3) is 0 Å². The lowest BCUT2D eigenvalue weighted by molar-refractivity contribution is -0.127. The summed E-state index contributed by atoms with van der Waals surface area (Å²) in [5.41, 5.74) is 1.16. The zero-order valence-corrected chi connectivity index (χ0v) is 15.6. The van der Waals surface area contributed by atoms with Crippen molar-refractivity contribution in [1.82, 2.24) is 15.1 Å². The highest BCUT2D eigenvalue weighted by Crippen LogP contribution is 2.17. The van der Waals surface area contributed by atoms with Crippen molar-refractivity contribution >= 4 is 11.9 Å². The highest BCUT2D eigenvalue weighted by molar-refractivity contribution is 5.86. The van der Waals surface area contributed by atoms with Gasteiger partial charge in [-0.2, -0.15) is 0 Å². The fraction of sp³-hybridized carbons (Fsp3) is 0.579. The number of benzene rings is 1. The molecule has 25 heavy (non-hydrogen) atoms. The van der Waals surface area contributed by atoms with Gasteiger partial charge >= 0.3 is 0 Å². The first-order chi connectivity index (χ1) is 12.1. The van der Waals surface area contributed by atoms with Crippen molar-refractivity contribution in [1.29, 1.82) is 0 Å². The van der Waals surface area contributed by atoms with E-state index in [1.807, 2.05) is 25.1 Å². The summed E-state index contributed by atoms with van der Waals surface area (Å²) in [6, 6.07) is 10.2. The third-order valence-electron chi connectivity index (χ3n) is 4.29. The van der Waals surface area contributed by atoms with Gasteiger partial charge in [-0.05, 0) is 18.9 Å². The van der Waals surface area contributed by atoms with Gasteiger partial charge in [0, 0.05) is 39.7 Å². The van der Waals surface area contributed by atoms with Gasteiger partial charge in [0.15, 0.2) is 5.96 Å². The molecule has 0 bridgehead atoms. The molecule has 0 aliphatic carbocycles. The highest BCUT2D eigenvalue weighted by Gasteiger charge is 2.25. The van der Waals surface area contributed by atoms with Crippen LogP contribution in [0.15, 0.2) is 35.3 Å². The number of likely N-dealkylation sites (tertiary alicyclic amines) is 1. The lowest BCUT2D eigenvalue weighted by Gasteiger charge is -2.23. The van der Waals surface area contributed by atoms with Crippen LogP contribution in [0.3, 0.4) is 0 Å². The molecule has 1 aliphatic rings. The zero-order valence-electron chi connectivity index (χ0n) is 15.6. The Morgan fingerprint density at radius 1 is 1.36 bits per heavy atom. The molecule has 0 saturated carbocycles. The minimum atomic E-state index is 0.0393. The molecule has 1 atom stereocenters. The van der Waals surface area contributed by atoms with E-state index in [0.29, 0.717) is 12.5 Å². The van der Waals surface area contributed by atoms with Crippen molar-refractivity contribution in [2.45, 2.75) is 19.9 Å². The standard InChI is InChI=1S/C19H30N4O2/c1-4-25-15-17-10-11-23(14-17)19(21-13-18(24)22(2)3)20-12-16-8-6-5-7-9-16/h5-9,17H,4,10-15H2,1-3H3,(H,20,21). The molecule has 1 saturated heterocycles. The first-order valence-corrected chi connectivity index (χ1v) is 8.95. The van der Waals surface area contributed by atoms with E-state index in [9.17, 15) is 4.79 Å². The summed E-state index contributed by atoms with van der Waals surface area (Å²) in [7, 11) is 3.53. The van der Waals surface area contributed by atoms with E-state index in [2.05, 4.69) is 22.3 Å². The van der Waals surface area contributed by atoms with Gasteiger partial charge < -0.3 is 19.9 Å². The number of ether oxygens (including phenoxy) is 1. The zero-order chi connectivity index (χ0) is 18.1. The summed E-state index contributed by atoms with van der Waals surface area (Å²) < 4.78 is 5.56. The highest BCUT2D eigenvalue weighted by atomic mass is 16.5.